The van der Waals surface area contributed by atoms with Crippen molar-refractivity contribution in [1.29, 1.82) is 0 Å². The molecule has 0 saturated carbocycles. The monoisotopic (exact) mass is 282 g/mol. The molecule has 2 N–H and O–H groups in total. The second-order valence-corrected chi connectivity index (χ2v) is 5.22. The molecule has 2 atom stereocenters. The fourth-order valence-corrected chi connectivity index (χ4v) is 2.51. The van der Waals surface area contributed by atoms with Gasteiger partial charge in [0.25, 0.3) is 0 Å². The summed E-state index contributed by atoms with van der Waals surface area (Å²) >= 11 is 0. The van der Waals surface area contributed by atoms with Gasteiger partial charge in [-0.15, -0.1) is 12.4 Å². The quantitative estimate of drug-likeness (QED) is 0.894. The topological polar surface area (TPSA) is 41.1 Å². The minimum absolute atomic E-state index is 0. The minimum Gasteiger partial charge on any atom is -0.352 e. The molecule has 1 aromatic rings. The molecule has 0 unspecified atom stereocenters. The molecule has 4 heteroatoms. The smallest absolute Gasteiger partial charge is 0.223 e. The van der Waals surface area contributed by atoms with Gasteiger partial charge in [0, 0.05) is 18.5 Å². The van der Waals surface area contributed by atoms with Gasteiger partial charge < -0.3 is 10.6 Å². The lowest BCUT2D eigenvalue weighted by Gasteiger charge is -2.27. The summed E-state index contributed by atoms with van der Waals surface area (Å²) in [4.78, 5) is 12.1. The van der Waals surface area contributed by atoms with E-state index in [0.717, 1.165) is 19.4 Å². The zero-order valence-electron chi connectivity index (χ0n) is 11.6. The summed E-state index contributed by atoms with van der Waals surface area (Å²) in [6.07, 6.45) is 1.89. The Bertz CT molecular complexity index is 422. The van der Waals surface area contributed by atoms with Crippen LogP contribution < -0.4 is 10.6 Å². The first-order chi connectivity index (χ1) is 8.66. The number of rotatable bonds is 3. The van der Waals surface area contributed by atoms with Crippen molar-refractivity contribution < 1.29 is 4.79 Å². The van der Waals surface area contributed by atoms with Gasteiger partial charge in [0.05, 0.1) is 0 Å². The van der Waals surface area contributed by atoms with Gasteiger partial charge in [-0.05, 0) is 44.4 Å². The van der Waals surface area contributed by atoms with Crippen LogP contribution in [0.3, 0.4) is 0 Å². The van der Waals surface area contributed by atoms with E-state index in [1.807, 2.05) is 12.1 Å². The lowest BCUT2D eigenvalue weighted by molar-refractivity contribution is -0.126. The number of piperidine rings is 1. The predicted molar refractivity (Wildman–Crippen MR) is 80.5 cm³/mol. The van der Waals surface area contributed by atoms with Crippen LogP contribution in [-0.4, -0.2) is 18.5 Å². The van der Waals surface area contributed by atoms with Gasteiger partial charge >= 0.3 is 0 Å². The van der Waals surface area contributed by atoms with Crippen molar-refractivity contribution in [1.82, 2.24) is 10.6 Å². The first-order valence-corrected chi connectivity index (χ1v) is 6.72. The van der Waals surface area contributed by atoms with Crippen LogP contribution in [0.15, 0.2) is 24.3 Å². The molecule has 106 valence electrons. The summed E-state index contributed by atoms with van der Waals surface area (Å²) in [5.74, 6) is 0.372. The average Bonchev–Trinajstić information content (AvgIpc) is 2.37. The molecule has 1 aromatic carbocycles. The lowest BCUT2D eigenvalue weighted by atomic mass is 9.92. The Hall–Kier alpha value is -1.06. The maximum Gasteiger partial charge on any atom is 0.223 e. The fourth-order valence-electron chi connectivity index (χ4n) is 2.51. The average molecular weight is 283 g/mol. The van der Waals surface area contributed by atoms with Gasteiger partial charge in [-0.3, -0.25) is 4.79 Å². The highest BCUT2D eigenvalue weighted by molar-refractivity contribution is 5.85. The van der Waals surface area contributed by atoms with Gasteiger partial charge in [0.15, 0.2) is 0 Å². The zero-order valence-corrected chi connectivity index (χ0v) is 12.4. The molecular formula is C15H23ClN2O. The highest BCUT2D eigenvalue weighted by Gasteiger charge is 2.24. The zero-order chi connectivity index (χ0) is 13.0. The van der Waals surface area contributed by atoms with Gasteiger partial charge in [0.2, 0.25) is 5.91 Å². The number of aryl methyl sites for hydroxylation is 1. The Labute approximate surface area is 121 Å². The van der Waals surface area contributed by atoms with Gasteiger partial charge in [0.1, 0.15) is 0 Å². The Morgan fingerprint density at radius 2 is 2.16 bits per heavy atom. The third-order valence-electron chi connectivity index (χ3n) is 3.71. The Morgan fingerprint density at radius 1 is 1.42 bits per heavy atom. The summed E-state index contributed by atoms with van der Waals surface area (Å²) in [5.41, 5.74) is 2.43. The SMILES string of the molecule is Cc1ccccc1CNC(=O)[C@H]1CCN[C@@H](C)C1.Cl. The molecule has 1 aliphatic rings. The summed E-state index contributed by atoms with van der Waals surface area (Å²) < 4.78 is 0. The van der Waals surface area contributed by atoms with Crippen molar-refractivity contribution in [2.45, 2.75) is 39.3 Å². The second kappa shape index (κ2) is 7.51. The second-order valence-electron chi connectivity index (χ2n) is 5.22. The molecule has 0 aliphatic carbocycles. The highest BCUT2D eigenvalue weighted by atomic mass is 35.5. The molecule has 1 heterocycles. The maximum atomic E-state index is 12.1. The number of halogens is 1. The van der Waals surface area contributed by atoms with Crippen LogP contribution in [0, 0.1) is 12.8 Å². The van der Waals surface area contributed by atoms with E-state index < -0.39 is 0 Å². The molecule has 1 fully saturated rings. The number of hydrogen-bond acceptors (Lipinski definition) is 2. The van der Waals surface area contributed by atoms with Crippen LogP contribution in [0.1, 0.15) is 30.9 Å². The van der Waals surface area contributed by atoms with E-state index in [-0.39, 0.29) is 24.2 Å². The normalized spacial score (nSPS) is 22.4. The Balaban J connectivity index is 0.00000180. The highest BCUT2D eigenvalue weighted by Crippen LogP contribution is 2.16. The van der Waals surface area contributed by atoms with E-state index >= 15 is 0 Å². The molecule has 1 amide bonds. The number of nitrogens with one attached hydrogen (secondary N) is 2. The molecule has 0 aromatic heterocycles. The molecule has 19 heavy (non-hydrogen) atoms. The predicted octanol–water partition coefficient (Wildman–Crippen LogP) is 2.42. The van der Waals surface area contributed by atoms with Gasteiger partial charge in [-0.25, -0.2) is 0 Å². The molecule has 0 bridgehead atoms. The molecule has 3 nitrogen and oxygen atoms in total. The number of carbonyl (C=O) groups excluding carboxylic acids is 1. The first kappa shape index (κ1) is 16.0. The molecular weight excluding hydrogens is 260 g/mol. The summed E-state index contributed by atoms with van der Waals surface area (Å²) in [6, 6.07) is 8.64. The standard InChI is InChI=1S/C15H22N2O.ClH/c1-11-5-3-4-6-14(11)10-17-15(18)13-7-8-16-12(2)9-13;/h3-6,12-13,16H,7-10H2,1-2H3,(H,17,18);1H/t12-,13-;/m0./s1. The molecule has 1 saturated heterocycles. The number of carbonyl (C=O) groups is 1. The van der Waals surface area contributed by atoms with E-state index in [4.69, 9.17) is 0 Å². The summed E-state index contributed by atoms with van der Waals surface area (Å²) in [7, 11) is 0. The molecule has 2 rings (SSSR count). The lowest BCUT2D eigenvalue weighted by Crippen LogP contribution is -2.42. The maximum absolute atomic E-state index is 12.1. The number of benzene rings is 1. The van der Waals surface area contributed by atoms with Crippen molar-refractivity contribution in [3.8, 4) is 0 Å². The molecule has 1 aliphatic heterocycles. The van der Waals surface area contributed by atoms with Crippen LogP contribution in [0.2, 0.25) is 0 Å². The van der Waals surface area contributed by atoms with Crippen molar-refractivity contribution in [3.63, 3.8) is 0 Å². The third-order valence-corrected chi connectivity index (χ3v) is 3.71. The number of amides is 1. The van der Waals surface area contributed by atoms with Crippen LogP contribution in [0.5, 0.6) is 0 Å². The van der Waals surface area contributed by atoms with Crippen molar-refractivity contribution in [3.05, 3.63) is 35.4 Å². The summed E-state index contributed by atoms with van der Waals surface area (Å²) in [5, 5.41) is 6.43. The Kier molecular flexibility index (Phi) is 6.32. The van der Waals surface area contributed by atoms with Gasteiger partial charge in [-0.1, -0.05) is 24.3 Å². The third kappa shape index (κ3) is 4.51. The molecule has 0 radical (unpaired) electrons. The molecule has 0 spiro atoms. The van der Waals surface area contributed by atoms with Crippen molar-refractivity contribution in [2.24, 2.45) is 5.92 Å². The Morgan fingerprint density at radius 3 is 2.84 bits per heavy atom. The van der Waals surface area contributed by atoms with E-state index in [1.165, 1.54) is 11.1 Å². The van der Waals surface area contributed by atoms with E-state index in [1.54, 1.807) is 0 Å². The van der Waals surface area contributed by atoms with Crippen LogP contribution >= 0.6 is 12.4 Å². The first-order valence-electron chi connectivity index (χ1n) is 6.72. The van der Waals surface area contributed by atoms with E-state index in [0.29, 0.717) is 12.6 Å². The van der Waals surface area contributed by atoms with Crippen LogP contribution in [0.4, 0.5) is 0 Å². The van der Waals surface area contributed by atoms with Gasteiger partial charge in [-0.2, -0.15) is 0 Å². The van der Waals surface area contributed by atoms with E-state index in [9.17, 15) is 4.79 Å². The number of hydrogen-bond donors (Lipinski definition) is 2. The fraction of sp³-hybridized carbons (Fsp3) is 0.533. The summed E-state index contributed by atoms with van der Waals surface area (Å²) in [6.45, 7) is 5.81. The van der Waals surface area contributed by atoms with E-state index in [2.05, 4.69) is 36.6 Å². The largest absolute Gasteiger partial charge is 0.352 e. The van der Waals surface area contributed by atoms with Crippen molar-refractivity contribution in [2.75, 3.05) is 6.54 Å². The van der Waals surface area contributed by atoms with Crippen LogP contribution in [-0.2, 0) is 11.3 Å². The minimum atomic E-state index is 0. The van der Waals surface area contributed by atoms with Crippen LogP contribution in [0.25, 0.3) is 0 Å². The van der Waals surface area contributed by atoms with Crippen molar-refractivity contribution >= 4 is 18.3 Å².